The van der Waals surface area contributed by atoms with E-state index in [0.29, 0.717) is 11.6 Å². The average molecular weight is 251 g/mol. The van der Waals surface area contributed by atoms with Crippen molar-refractivity contribution in [2.75, 3.05) is 19.6 Å². The molecule has 0 aromatic carbocycles. The Bertz CT molecular complexity index is 250. The van der Waals surface area contributed by atoms with Crippen LogP contribution in [0.3, 0.4) is 0 Å². The van der Waals surface area contributed by atoms with Crippen LogP contribution in [0.4, 0.5) is 0 Å². The van der Waals surface area contributed by atoms with Crippen molar-refractivity contribution >= 4 is 29.1 Å². The van der Waals surface area contributed by atoms with Gasteiger partial charge in [-0.25, -0.2) is 0 Å². The van der Waals surface area contributed by atoms with Crippen LogP contribution in [-0.2, 0) is 4.79 Å². The second-order valence-electron chi connectivity index (χ2n) is 3.69. The fourth-order valence-corrected chi connectivity index (χ4v) is 1.74. The summed E-state index contributed by atoms with van der Waals surface area (Å²) in [5, 5.41) is 3.55. The average Bonchev–Trinajstić information content (AvgIpc) is 2.77. The first-order chi connectivity index (χ1) is 7.15. The van der Waals surface area contributed by atoms with Crippen molar-refractivity contribution < 1.29 is 4.79 Å². The Labute approximate surface area is 100 Å². The van der Waals surface area contributed by atoms with Crippen LogP contribution in [0.2, 0.25) is 0 Å². The number of carbonyl (C=O) groups is 1. The van der Waals surface area contributed by atoms with Crippen LogP contribution < -0.4 is 5.32 Å². The van der Waals surface area contributed by atoms with Gasteiger partial charge in [-0.05, 0) is 19.8 Å². The molecule has 86 valence electrons. The molecule has 0 aromatic heterocycles. The van der Waals surface area contributed by atoms with Gasteiger partial charge in [-0.1, -0.05) is 23.2 Å². The van der Waals surface area contributed by atoms with E-state index in [0.717, 1.165) is 25.9 Å². The molecule has 3 nitrogen and oxygen atoms in total. The van der Waals surface area contributed by atoms with Gasteiger partial charge in [0.25, 0.3) is 0 Å². The topological polar surface area (TPSA) is 32.3 Å². The third kappa shape index (κ3) is 4.01. The molecule has 1 saturated heterocycles. The summed E-state index contributed by atoms with van der Waals surface area (Å²) in [5.74, 6) is 0.145. The highest BCUT2D eigenvalue weighted by atomic mass is 35.5. The minimum atomic E-state index is -0.200. The van der Waals surface area contributed by atoms with E-state index in [-0.39, 0.29) is 11.9 Å². The first-order valence-corrected chi connectivity index (χ1v) is 5.93. The molecule has 1 aliphatic rings. The lowest BCUT2D eigenvalue weighted by molar-refractivity contribution is -0.131. The zero-order valence-corrected chi connectivity index (χ0v) is 10.3. The summed E-state index contributed by atoms with van der Waals surface area (Å²) in [7, 11) is 0. The highest BCUT2D eigenvalue weighted by Gasteiger charge is 2.22. The Morgan fingerprint density at radius 1 is 1.53 bits per heavy atom. The van der Waals surface area contributed by atoms with E-state index < -0.39 is 0 Å². The third-order valence-corrected chi connectivity index (χ3v) is 3.10. The predicted octanol–water partition coefficient (Wildman–Crippen LogP) is 1.91. The number of hydrogen-bond acceptors (Lipinski definition) is 2. The number of rotatable bonds is 4. The van der Waals surface area contributed by atoms with E-state index in [1.165, 1.54) is 5.54 Å². The monoisotopic (exact) mass is 250 g/mol. The first kappa shape index (κ1) is 12.8. The molecule has 0 bridgehead atoms. The van der Waals surface area contributed by atoms with Crippen molar-refractivity contribution in [3.8, 4) is 0 Å². The quantitative estimate of drug-likeness (QED) is 0.827. The molecule has 0 aromatic rings. The molecule has 1 atom stereocenters. The smallest absolute Gasteiger partial charge is 0.239 e. The fraction of sp³-hybridized carbons (Fsp3) is 0.700. The van der Waals surface area contributed by atoms with Gasteiger partial charge in [0.15, 0.2) is 0 Å². The summed E-state index contributed by atoms with van der Waals surface area (Å²) in [6.07, 6.45) is 2.22. The molecule has 0 aliphatic carbocycles. The van der Waals surface area contributed by atoms with E-state index in [9.17, 15) is 4.79 Å². The lowest BCUT2D eigenvalue weighted by atomic mass is 10.3. The first-order valence-electron chi connectivity index (χ1n) is 5.12. The number of likely N-dealkylation sites (tertiary alicyclic amines) is 1. The van der Waals surface area contributed by atoms with Gasteiger partial charge in [-0.15, -0.1) is 0 Å². The lowest BCUT2D eigenvalue weighted by Gasteiger charge is -2.20. The number of carbonyl (C=O) groups excluding carboxylic acids is 1. The third-order valence-electron chi connectivity index (χ3n) is 2.48. The molecule has 0 radical (unpaired) electrons. The Morgan fingerprint density at radius 2 is 2.13 bits per heavy atom. The Balaban J connectivity index is 2.32. The highest BCUT2D eigenvalue weighted by molar-refractivity contribution is 6.36. The van der Waals surface area contributed by atoms with Gasteiger partial charge in [0.1, 0.15) is 0 Å². The van der Waals surface area contributed by atoms with Crippen LogP contribution >= 0.6 is 23.2 Å². The molecule has 0 saturated carbocycles. The summed E-state index contributed by atoms with van der Waals surface area (Å²) in [6, 6.07) is -0.200. The van der Waals surface area contributed by atoms with Gasteiger partial charge in [-0.2, -0.15) is 0 Å². The van der Waals surface area contributed by atoms with Gasteiger partial charge in [0.2, 0.25) is 5.91 Å². The molecule has 1 unspecified atom stereocenters. The van der Waals surface area contributed by atoms with Crippen LogP contribution in [-0.4, -0.2) is 36.5 Å². The van der Waals surface area contributed by atoms with Crippen molar-refractivity contribution in [3.05, 3.63) is 10.6 Å². The molecule has 5 heteroatoms. The summed E-state index contributed by atoms with van der Waals surface area (Å²) < 4.78 is 0. The van der Waals surface area contributed by atoms with E-state index in [1.54, 1.807) is 0 Å². The molecule has 15 heavy (non-hydrogen) atoms. The zero-order chi connectivity index (χ0) is 11.3. The van der Waals surface area contributed by atoms with E-state index in [4.69, 9.17) is 23.2 Å². The number of amides is 1. The maximum Gasteiger partial charge on any atom is 0.239 e. The molecule has 1 heterocycles. The van der Waals surface area contributed by atoms with Crippen LogP contribution in [0.15, 0.2) is 10.6 Å². The van der Waals surface area contributed by atoms with Crippen LogP contribution in [0.25, 0.3) is 0 Å². The van der Waals surface area contributed by atoms with Crippen molar-refractivity contribution in [1.82, 2.24) is 10.2 Å². The molecular weight excluding hydrogens is 235 g/mol. The summed E-state index contributed by atoms with van der Waals surface area (Å²) in [4.78, 5) is 13.7. The molecule has 1 fully saturated rings. The number of halogens is 2. The number of nitrogens with one attached hydrogen (secondary N) is 1. The van der Waals surface area contributed by atoms with E-state index in [1.807, 2.05) is 11.8 Å². The van der Waals surface area contributed by atoms with Crippen molar-refractivity contribution in [1.29, 1.82) is 0 Å². The molecule has 1 amide bonds. The van der Waals surface area contributed by atoms with Gasteiger partial charge in [0, 0.05) is 30.2 Å². The van der Waals surface area contributed by atoms with Crippen molar-refractivity contribution in [2.24, 2.45) is 0 Å². The molecule has 0 spiro atoms. The second-order valence-corrected chi connectivity index (χ2v) is 4.39. The maximum atomic E-state index is 11.8. The van der Waals surface area contributed by atoms with Gasteiger partial charge in [0.05, 0.1) is 6.04 Å². The maximum absolute atomic E-state index is 11.8. The fourth-order valence-electron chi connectivity index (χ4n) is 1.59. The summed E-state index contributed by atoms with van der Waals surface area (Å²) >= 11 is 11.1. The minimum Gasteiger partial charge on any atom is -0.341 e. The number of hydrogen-bond donors (Lipinski definition) is 1. The summed E-state index contributed by atoms with van der Waals surface area (Å²) in [6.45, 7) is 4.04. The largest absolute Gasteiger partial charge is 0.341 e. The van der Waals surface area contributed by atoms with Crippen molar-refractivity contribution in [2.45, 2.75) is 25.8 Å². The Hall–Kier alpha value is -0.250. The highest BCUT2D eigenvalue weighted by Crippen LogP contribution is 2.09. The summed E-state index contributed by atoms with van der Waals surface area (Å²) in [5.41, 5.74) is 1.31. The molecule has 1 N–H and O–H groups in total. The molecule has 1 aliphatic heterocycles. The lowest BCUT2D eigenvalue weighted by Crippen LogP contribution is -2.43. The Morgan fingerprint density at radius 3 is 2.67 bits per heavy atom. The standard InChI is InChI=1S/C10H16Cl2N2O/c1-8(13-7-9(12)6-11)10(15)14-4-2-3-5-14/h6,8,13H,2-5,7H2,1H3. The second kappa shape index (κ2) is 6.36. The zero-order valence-electron chi connectivity index (χ0n) is 8.80. The SMILES string of the molecule is CC(NCC(Cl)=CCl)C(=O)N1CCCC1. The predicted molar refractivity (Wildman–Crippen MR) is 63.1 cm³/mol. The van der Waals surface area contributed by atoms with E-state index in [2.05, 4.69) is 5.32 Å². The Kier molecular flexibility index (Phi) is 5.43. The van der Waals surface area contributed by atoms with Crippen LogP contribution in [0.5, 0.6) is 0 Å². The van der Waals surface area contributed by atoms with Crippen LogP contribution in [0.1, 0.15) is 19.8 Å². The number of nitrogens with zero attached hydrogens (tertiary/aromatic N) is 1. The van der Waals surface area contributed by atoms with Gasteiger partial charge >= 0.3 is 0 Å². The molecule has 1 rings (SSSR count). The van der Waals surface area contributed by atoms with Crippen molar-refractivity contribution in [3.63, 3.8) is 0 Å². The minimum absolute atomic E-state index is 0.145. The normalized spacial score (nSPS) is 19.4. The van der Waals surface area contributed by atoms with Crippen LogP contribution in [0, 0.1) is 0 Å². The van der Waals surface area contributed by atoms with E-state index >= 15 is 0 Å². The molecular formula is C10H16Cl2N2O. The van der Waals surface area contributed by atoms with Gasteiger partial charge in [-0.3, -0.25) is 4.79 Å². The van der Waals surface area contributed by atoms with Gasteiger partial charge < -0.3 is 10.2 Å².